The fourth-order valence-electron chi connectivity index (χ4n) is 3.58. The minimum atomic E-state index is -0.702. The number of nitrogens with one attached hydrogen (secondary N) is 2. The molecular weight excluding hydrogens is 358 g/mol. The molecule has 1 aromatic heterocycles. The van der Waals surface area contributed by atoms with Crippen LogP contribution in [-0.4, -0.2) is 29.2 Å². The molecule has 0 spiro atoms. The van der Waals surface area contributed by atoms with Crippen molar-refractivity contribution < 1.29 is 19.4 Å². The number of anilines is 2. The van der Waals surface area contributed by atoms with Gasteiger partial charge in [0.25, 0.3) is 0 Å². The predicted molar refractivity (Wildman–Crippen MR) is 107 cm³/mol. The normalized spacial score (nSPS) is 18.9. The van der Waals surface area contributed by atoms with Gasteiger partial charge in [0.2, 0.25) is 0 Å². The SMILES string of the molecule is COc1ccc(C)cc1NC(=O)Nc1ccc(C2CCC(C(=O)O)CC2)cn1. The fraction of sp³-hybridized carbons (Fsp3) is 0.381. The molecule has 3 rings (SSSR count). The summed E-state index contributed by atoms with van der Waals surface area (Å²) in [6.45, 7) is 1.94. The lowest BCUT2D eigenvalue weighted by atomic mass is 9.79. The van der Waals surface area contributed by atoms with Gasteiger partial charge in [-0.15, -0.1) is 0 Å². The van der Waals surface area contributed by atoms with Gasteiger partial charge in [-0.1, -0.05) is 12.1 Å². The van der Waals surface area contributed by atoms with Crippen molar-refractivity contribution in [3.8, 4) is 5.75 Å². The summed E-state index contributed by atoms with van der Waals surface area (Å²) in [4.78, 5) is 27.7. The van der Waals surface area contributed by atoms with E-state index < -0.39 is 12.0 Å². The van der Waals surface area contributed by atoms with E-state index in [1.807, 2.05) is 25.1 Å². The van der Waals surface area contributed by atoms with E-state index in [2.05, 4.69) is 15.6 Å². The Bertz CT molecular complexity index is 843. The van der Waals surface area contributed by atoms with Gasteiger partial charge in [-0.3, -0.25) is 10.1 Å². The Morgan fingerprint density at radius 3 is 2.46 bits per heavy atom. The summed E-state index contributed by atoms with van der Waals surface area (Å²) in [7, 11) is 1.55. The maximum atomic E-state index is 12.3. The predicted octanol–water partition coefficient (Wildman–Crippen LogP) is 4.40. The van der Waals surface area contributed by atoms with Crippen LogP contribution in [0.25, 0.3) is 0 Å². The average Bonchev–Trinajstić information content (AvgIpc) is 2.69. The minimum absolute atomic E-state index is 0.229. The zero-order valence-electron chi connectivity index (χ0n) is 16.1. The van der Waals surface area contributed by atoms with Gasteiger partial charge in [-0.2, -0.15) is 0 Å². The molecule has 0 unspecified atom stereocenters. The number of carboxylic acid groups (broad SMARTS) is 1. The molecule has 1 aromatic carbocycles. The van der Waals surface area contributed by atoms with Crippen LogP contribution in [0.5, 0.6) is 5.75 Å². The first kappa shape index (κ1) is 19.7. The standard InChI is InChI=1S/C21H25N3O4/c1-13-3-9-18(28-2)17(11-13)23-21(27)24-19-10-8-16(12-22-19)14-4-6-15(7-5-14)20(25)26/h3,8-12,14-15H,4-7H2,1-2H3,(H,25,26)(H2,22,23,24,27). The van der Waals surface area contributed by atoms with E-state index in [9.17, 15) is 9.59 Å². The van der Waals surface area contributed by atoms with Gasteiger partial charge in [-0.25, -0.2) is 9.78 Å². The van der Waals surface area contributed by atoms with E-state index in [1.165, 1.54) is 0 Å². The third-order valence-corrected chi connectivity index (χ3v) is 5.18. The highest BCUT2D eigenvalue weighted by Crippen LogP contribution is 2.35. The molecule has 7 nitrogen and oxygen atoms in total. The minimum Gasteiger partial charge on any atom is -0.495 e. The van der Waals surface area contributed by atoms with Gasteiger partial charge in [0, 0.05) is 6.20 Å². The number of pyridine rings is 1. The number of carbonyl (C=O) groups is 2. The van der Waals surface area contributed by atoms with Gasteiger partial charge in [0.05, 0.1) is 18.7 Å². The average molecular weight is 383 g/mol. The van der Waals surface area contributed by atoms with Crippen LogP contribution in [0.1, 0.15) is 42.7 Å². The van der Waals surface area contributed by atoms with Crippen LogP contribution >= 0.6 is 0 Å². The molecular formula is C21H25N3O4. The molecule has 0 radical (unpaired) electrons. The van der Waals surface area contributed by atoms with E-state index >= 15 is 0 Å². The molecule has 1 aliphatic rings. The van der Waals surface area contributed by atoms with E-state index in [1.54, 1.807) is 25.4 Å². The zero-order valence-corrected chi connectivity index (χ0v) is 16.1. The van der Waals surface area contributed by atoms with E-state index in [4.69, 9.17) is 9.84 Å². The second kappa shape index (κ2) is 8.73. The van der Waals surface area contributed by atoms with Crippen LogP contribution in [-0.2, 0) is 4.79 Å². The van der Waals surface area contributed by atoms with Crippen LogP contribution in [0, 0.1) is 12.8 Å². The highest BCUT2D eigenvalue weighted by Gasteiger charge is 2.26. The van der Waals surface area contributed by atoms with E-state index in [-0.39, 0.29) is 5.92 Å². The Morgan fingerprint density at radius 1 is 1.11 bits per heavy atom. The largest absolute Gasteiger partial charge is 0.495 e. The van der Waals surface area contributed by atoms with Crippen LogP contribution in [0.3, 0.4) is 0 Å². The quantitative estimate of drug-likeness (QED) is 0.710. The molecule has 1 heterocycles. The number of aryl methyl sites for hydroxylation is 1. The summed E-state index contributed by atoms with van der Waals surface area (Å²) in [6.07, 6.45) is 4.84. The van der Waals surface area contributed by atoms with Gasteiger partial charge in [-0.05, 0) is 67.9 Å². The third kappa shape index (κ3) is 4.79. The van der Waals surface area contributed by atoms with Crippen LogP contribution in [0.15, 0.2) is 36.5 Å². The van der Waals surface area contributed by atoms with Crippen molar-refractivity contribution in [3.63, 3.8) is 0 Å². The number of ether oxygens (including phenoxy) is 1. The molecule has 7 heteroatoms. The number of hydrogen-bond acceptors (Lipinski definition) is 4. The van der Waals surface area contributed by atoms with Gasteiger partial charge in [0.1, 0.15) is 11.6 Å². The Hall–Kier alpha value is -3.09. The highest BCUT2D eigenvalue weighted by atomic mass is 16.5. The Kier molecular flexibility index (Phi) is 6.13. The lowest BCUT2D eigenvalue weighted by Crippen LogP contribution is -2.21. The van der Waals surface area contributed by atoms with Crippen LogP contribution < -0.4 is 15.4 Å². The summed E-state index contributed by atoms with van der Waals surface area (Å²) in [5.74, 6) is 0.426. The third-order valence-electron chi connectivity index (χ3n) is 5.18. The zero-order chi connectivity index (χ0) is 20.1. The first-order chi connectivity index (χ1) is 13.5. The number of carboxylic acids is 1. The molecule has 0 aliphatic heterocycles. The summed E-state index contributed by atoms with van der Waals surface area (Å²) in [5, 5.41) is 14.6. The lowest BCUT2D eigenvalue weighted by molar-refractivity contribution is -0.142. The van der Waals surface area contributed by atoms with Crippen molar-refractivity contribution in [2.45, 2.75) is 38.5 Å². The van der Waals surface area contributed by atoms with Gasteiger partial charge in [0.15, 0.2) is 0 Å². The number of nitrogens with zero attached hydrogens (tertiary/aromatic N) is 1. The monoisotopic (exact) mass is 383 g/mol. The van der Waals surface area contributed by atoms with Crippen molar-refractivity contribution in [2.75, 3.05) is 17.7 Å². The van der Waals surface area contributed by atoms with Crippen molar-refractivity contribution >= 4 is 23.5 Å². The number of aromatic nitrogens is 1. The van der Waals surface area contributed by atoms with Crippen molar-refractivity contribution in [1.29, 1.82) is 0 Å². The Balaban J connectivity index is 1.58. The molecule has 1 saturated carbocycles. The molecule has 0 atom stereocenters. The number of rotatable bonds is 5. The molecule has 2 amide bonds. The van der Waals surface area contributed by atoms with Gasteiger partial charge < -0.3 is 15.2 Å². The molecule has 1 aliphatic carbocycles. The highest BCUT2D eigenvalue weighted by molar-refractivity contribution is 6.00. The fourth-order valence-corrected chi connectivity index (χ4v) is 3.58. The number of amides is 2. The number of urea groups is 1. The first-order valence-electron chi connectivity index (χ1n) is 9.37. The molecule has 0 bridgehead atoms. The Labute approximate surface area is 164 Å². The molecule has 148 valence electrons. The van der Waals surface area contributed by atoms with E-state index in [0.717, 1.165) is 24.0 Å². The van der Waals surface area contributed by atoms with Crippen molar-refractivity contribution in [3.05, 3.63) is 47.7 Å². The van der Waals surface area contributed by atoms with E-state index in [0.29, 0.717) is 36.0 Å². The lowest BCUT2D eigenvalue weighted by Gasteiger charge is -2.26. The van der Waals surface area contributed by atoms with Gasteiger partial charge >= 0.3 is 12.0 Å². The number of benzene rings is 1. The number of hydrogen-bond donors (Lipinski definition) is 3. The summed E-state index contributed by atoms with van der Waals surface area (Å²) in [6, 6.07) is 8.87. The maximum absolute atomic E-state index is 12.3. The van der Waals surface area contributed by atoms with Crippen LogP contribution in [0.4, 0.5) is 16.3 Å². The second-order valence-electron chi connectivity index (χ2n) is 7.15. The second-order valence-corrected chi connectivity index (χ2v) is 7.15. The smallest absolute Gasteiger partial charge is 0.324 e. The molecule has 3 N–H and O–H groups in total. The summed E-state index contributed by atoms with van der Waals surface area (Å²) < 4.78 is 5.26. The molecule has 0 saturated heterocycles. The first-order valence-corrected chi connectivity index (χ1v) is 9.37. The number of methoxy groups -OCH3 is 1. The molecule has 2 aromatic rings. The number of aliphatic carboxylic acids is 1. The topological polar surface area (TPSA) is 101 Å². The maximum Gasteiger partial charge on any atom is 0.324 e. The molecule has 28 heavy (non-hydrogen) atoms. The summed E-state index contributed by atoms with van der Waals surface area (Å²) >= 11 is 0. The van der Waals surface area contributed by atoms with Crippen molar-refractivity contribution in [1.82, 2.24) is 4.98 Å². The summed E-state index contributed by atoms with van der Waals surface area (Å²) in [5.41, 5.74) is 2.68. The Morgan fingerprint density at radius 2 is 1.86 bits per heavy atom. The van der Waals surface area contributed by atoms with Crippen molar-refractivity contribution in [2.24, 2.45) is 5.92 Å². The number of carbonyl (C=O) groups excluding carboxylic acids is 1. The van der Waals surface area contributed by atoms with Crippen LogP contribution in [0.2, 0.25) is 0 Å². The molecule has 1 fully saturated rings.